The summed E-state index contributed by atoms with van der Waals surface area (Å²) in [6.45, 7) is 0. The predicted molar refractivity (Wildman–Crippen MR) is 106 cm³/mol. The first kappa shape index (κ1) is 20.2. The second-order valence-electron chi connectivity index (χ2n) is 6.11. The average molecular weight is 376 g/mol. The molecule has 0 atom stereocenters. The lowest BCUT2D eigenvalue weighted by atomic mass is 10.3. The molecule has 26 heavy (non-hydrogen) atoms. The maximum absolute atomic E-state index is 6.27. The lowest BCUT2D eigenvalue weighted by molar-refractivity contribution is 0.189. The Morgan fingerprint density at radius 2 is 1.38 bits per heavy atom. The molecule has 0 fully saturated rings. The van der Waals surface area contributed by atoms with E-state index >= 15 is 0 Å². The molecule has 3 rings (SSSR count). The first-order valence-electron chi connectivity index (χ1n) is 8.17. The Morgan fingerprint density at radius 3 is 1.85 bits per heavy atom. The van der Waals surface area contributed by atoms with Gasteiger partial charge in [-0.05, 0) is 34.3 Å². The first-order chi connectivity index (χ1) is 12.4. The molecule has 0 amide bonds. The van der Waals surface area contributed by atoms with Crippen molar-refractivity contribution in [1.82, 2.24) is 34.2 Å². The zero-order chi connectivity index (χ0) is 19.2. The molecule has 0 aliphatic carbocycles. The fourth-order valence-corrected chi connectivity index (χ4v) is 5.53. The van der Waals surface area contributed by atoms with Crippen molar-refractivity contribution in [3.63, 3.8) is 0 Å². The summed E-state index contributed by atoms with van der Waals surface area (Å²) in [6.07, 6.45) is 3.50. The van der Waals surface area contributed by atoms with Crippen LogP contribution < -0.4 is 4.62 Å². The van der Waals surface area contributed by atoms with E-state index in [9.17, 15) is 0 Å². The quantitative estimate of drug-likeness (QED) is 0.633. The van der Waals surface area contributed by atoms with Crippen LogP contribution in [0.3, 0.4) is 0 Å². The fourth-order valence-electron chi connectivity index (χ4n) is 2.62. The van der Waals surface area contributed by atoms with Crippen LogP contribution in [0.5, 0.6) is 0 Å². The van der Waals surface area contributed by atoms with Gasteiger partial charge in [0.25, 0.3) is 0 Å². The number of pyridine rings is 1. The van der Waals surface area contributed by atoms with Crippen LogP contribution in [0.25, 0.3) is 11.0 Å². The predicted octanol–water partition coefficient (Wildman–Crippen LogP) is 2.30. The van der Waals surface area contributed by atoms with Gasteiger partial charge in [0.15, 0.2) is 0 Å². The second-order valence-corrected chi connectivity index (χ2v) is 9.70. The number of nitrogens with zero attached hydrogens (tertiary/aromatic N) is 7. The third-order valence-electron chi connectivity index (χ3n) is 3.64. The molecule has 140 valence electrons. The van der Waals surface area contributed by atoms with Crippen molar-refractivity contribution in [2.24, 2.45) is 0 Å². The minimum Gasteiger partial charge on any atom is -0.265 e. The van der Waals surface area contributed by atoms with Crippen LogP contribution >= 0.6 is 7.94 Å². The van der Waals surface area contributed by atoms with Crippen molar-refractivity contribution >= 4 is 19.0 Å². The minimum absolute atomic E-state index is 0.821. The number of benzene rings is 1. The van der Waals surface area contributed by atoms with E-state index in [-0.39, 0.29) is 0 Å². The van der Waals surface area contributed by atoms with Crippen LogP contribution in [0.15, 0.2) is 54.9 Å². The van der Waals surface area contributed by atoms with Gasteiger partial charge in [0.1, 0.15) is 11.0 Å². The molecule has 0 aliphatic rings. The molecule has 0 N–H and O–H groups in total. The smallest absolute Gasteiger partial charge is 0.265 e. The van der Waals surface area contributed by atoms with Crippen molar-refractivity contribution in [2.75, 3.05) is 42.3 Å². The molecule has 1 aromatic carbocycles. The van der Waals surface area contributed by atoms with Crippen LogP contribution in [0.1, 0.15) is 0 Å². The van der Waals surface area contributed by atoms with Crippen molar-refractivity contribution in [3.8, 4) is 0 Å². The molecule has 0 unspecified atom stereocenters. The summed E-state index contributed by atoms with van der Waals surface area (Å²) in [5, 5.41) is 8.25. The highest BCUT2D eigenvalue weighted by Gasteiger charge is 2.54. The van der Waals surface area contributed by atoms with E-state index in [4.69, 9.17) is 4.62 Å². The number of fused-ring (bicyclic) bond motifs is 1. The summed E-state index contributed by atoms with van der Waals surface area (Å²) in [6, 6.07) is 13.5. The number of rotatable bonds is 5. The third-order valence-corrected chi connectivity index (χ3v) is 7.14. The SMILES string of the molecule is CN(C)[P+](On1nnc2ccccc21)(N(C)C)N(C)C.c1ccncc1. The van der Waals surface area contributed by atoms with Crippen molar-refractivity contribution in [3.05, 3.63) is 54.9 Å². The Kier molecular flexibility index (Phi) is 6.99. The Balaban J connectivity index is 0.000000342. The molecule has 2 heterocycles. The maximum atomic E-state index is 6.27. The molecule has 0 spiro atoms. The molecular formula is C17H27N7OP+. The van der Waals surface area contributed by atoms with Gasteiger partial charge >= 0.3 is 7.94 Å². The summed E-state index contributed by atoms with van der Waals surface area (Å²) in [4.78, 5) is 5.30. The molecule has 8 nitrogen and oxygen atoms in total. The largest absolute Gasteiger partial charge is 0.449 e. The molecule has 9 heteroatoms. The zero-order valence-electron chi connectivity index (χ0n) is 16.2. The molecule has 0 saturated heterocycles. The van der Waals surface area contributed by atoms with E-state index in [1.807, 2.05) is 84.8 Å². The summed E-state index contributed by atoms with van der Waals surface area (Å²) in [5.74, 6) is 0. The Morgan fingerprint density at radius 1 is 0.808 bits per heavy atom. The van der Waals surface area contributed by atoms with Gasteiger partial charge in [0, 0.05) is 54.7 Å². The van der Waals surface area contributed by atoms with Crippen LogP contribution in [-0.2, 0) is 0 Å². The van der Waals surface area contributed by atoms with Gasteiger partial charge in [-0.25, -0.2) is 0 Å². The minimum atomic E-state index is -2.14. The van der Waals surface area contributed by atoms with Gasteiger partial charge in [-0.15, -0.1) is 19.1 Å². The number of hydrogen-bond acceptors (Lipinski definition) is 7. The number of hydrogen-bond donors (Lipinski definition) is 0. The second kappa shape index (κ2) is 9.00. The van der Waals surface area contributed by atoms with Gasteiger partial charge in [-0.3, -0.25) is 4.98 Å². The van der Waals surface area contributed by atoms with E-state index in [1.165, 1.54) is 4.85 Å². The van der Waals surface area contributed by atoms with Crippen molar-refractivity contribution in [2.45, 2.75) is 0 Å². The average Bonchev–Trinajstić information content (AvgIpc) is 3.03. The molecular weight excluding hydrogens is 349 g/mol. The lowest BCUT2D eigenvalue weighted by Crippen LogP contribution is -2.42. The highest BCUT2D eigenvalue weighted by molar-refractivity contribution is 7.64. The van der Waals surface area contributed by atoms with Crippen LogP contribution in [-0.4, -0.2) is 76.4 Å². The fraction of sp³-hybridized carbons (Fsp3) is 0.353. The molecule has 0 bridgehead atoms. The van der Waals surface area contributed by atoms with E-state index in [0.717, 1.165) is 11.0 Å². The lowest BCUT2D eigenvalue weighted by Gasteiger charge is -2.35. The molecule has 0 aliphatic heterocycles. The highest BCUT2D eigenvalue weighted by atomic mass is 31.2. The topological polar surface area (TPSA) is 62.6 Å². The summed E-state index contributed by atoms with van der Waals surface area (Å²) < 4.78 is 12.5. The van der Waals surface area contributed by atoms with Crippen molar-refractivity contribution < 1.29 is 4.62 Å². The molecule has 3 aromatic rings. The molecule has 0 radical (unpaired) electrons. The van der Waals surface area contributed by atoms with Crippen LogP contribution in [0, 0.1) is 0 Å². The summed E-state index contributed by atoms with van der Waals surface area (Å²) in [7, 11) is 9.90. The van der Waals surface area contributed by atoms with Gasteiger partial charge in [-0.2, -0.15) is 4.62 Å². The molecule has 0 saturated carbocycles. The van der Waals surface area contributed by atoms with Gasteiger partial charge in [0.05, 0.1) is 0 Å². The monoisotopic (exact) mass is 376 g/mol. The number of aromatic nitrogens is 4. The van der Waals surface area contributed by atoms with E-state index < -0.39 is 7.94 Å². The summed E-state index contributed by atoms with van der Waals surface area (Å²) in [5.41, 5.74) is 1.68. The normalized spacial score (nSPS) is 11.7. The van der Waals surface area contributed by atoms with Crippen LogP contribution in [0.4, 0.5) is 0 Å². The van der Waals surface area contributed by atoms with E-state index in [2.05, 4.69) is 29.3 Å². The van der Waals surface area contributed by atoms with Gasteiger partial charge in [0.2, 0.25) is 0 Å². The van der Waals surface area contributed by atoms with E-state index in [1.54, 1.807) is 12.4 Å². The standard InChI is InChI=1S/C12H22N6OP.C5H5N/c1-15(2)20(16(3)4,17(5)6)19-18-12-10-8-7-9-11(12)13-14-18;1-2-4-6-5-3-1/h7-10H,1-6H3;1-5H/q+1;. The summed E-state index contributed by atoms with van der Waals surface area (Å²) >= 11 is 0. The Labute approximate surface area is 155 Å². The van der Waals surface area contributed by atoms with E-state index in [0.29, 0.717) is 0 Å². The first-order valence-corrected chi connectivity index (χ1v) is 9.74. The van der Waals surface area contributed by atoms with Crippen molar-refractivity contribution in [1.29, 1.82) is 0 Å². The maximum Gasteiger partial charge on any atom is 0.449 e. The van der Waals surface area contributed by atoms with Gasteiger partial charge in [-0.1, -0.05) is 18.2 Å². The molecule has 2 aromatic heterocycles. The number of para-hydroxylation sites is 1. The Bertz CT molecular complexity index is 743. The highest BCUT2D eigenvalue weighted by Crippen LogP contribution is 2.61. The zero-order valence-corrected chi connectivity index (χ0v) is 17.1. The van der Waals surface area contributed by atoms with Crippen LogP contribution in [0.2, 0.25) is 0 Å². The Hall–Kier alpha value is -2.12. The third kappa shape index (κ3) is 4.34. The van der Waals surface area contributed by atoms with Gasteiger partial charge < -0.3 is 0 Å².